The molecule has 3 aromatic heterocycles. The molecule has 31 heavy (non-hydrogen) atoms. The fraction of sp³-hybridized carbons (Fsp3) is 0.143. The van der Waals surface area contributed by atoms with Crippen molar-refractivity contribution in [1.29, 1.82) is 5.26 Å². The number of nitrogens with zero attached hydrogens (tertiary/aromatic N) is 6. The van der Waals surface area contributed by atoms with Gasteiger partial charge in [-0.05, 0) is 37.6 Å². The second-order valence-corrected chi connectivity index (χ2v) is 7.29. The number of carboxylic acid groups (broad SMARTS) is 1. The molecule has 0 radical (unpaired) electrons. The highest BCUT2D eigenvalue weighted by atomic mass is 35.5. The minimum absolute atomic E-state index is 0.0940. The first-order valence-electron chi connectivity index (χ1n) is 9.24. The lowest BCUT2D eigenvalue weighted by atomic mass is 10.0. The second-order valence-electron chi connectivity index (χ2n) is 6.90. The minimum Gasteiger partial charge on any atom is -0.476 e. The van der Waals surface area contributed by atoms with E-state index in [0.29, 0.717) is 22.5 Å². The molecule has 0 saturated heterocycles. The van der Waals surface area contributed by atoms with E-state index in [1.54, 1.807) is 29.4 Å². The van der Waals surface area contributed by atoms with Gasteiger partial charge in [0, 0.05) is 18.0 Å². The molecule has 1 atom stereocenters. The monoisotopic (exact) mass is 433 g/mol. The third kappa shape index (κ3) is 3.89. The first-order valence-corrected chi connectivity index (χ1v) is 9.62. The number of hydrogen-bond acceptors (Lipinski definition) is 7. The highest BCUT2D eigenvalue weighted by Gasteiger charge is 2.19. The zero-order valence-electron chi connectivity index (χ0n) is 16.5. The third-order valence-corrected chi connectivity index (χ3v) is 4.89. The molecule has 9 nitrogen and oxygen atoms in total. The maximum Gasteiger partial charge on any atom is 0.356 e. The van der Waals surface area contributed by atoms with Crippen LogP contribution in [0.1, 0.15) is 40.3 Å². The number of imidazole rings is 1. The topological polar surface area (TPSA) is 130 Å². The maximum absolute atomic E-state index is 11.6. The molecule has 0 aliphatic rings. The van der Waals surface area contributed by atoms with Crippen LogP contribution in [-0.4, -0.2) is 35.6 Å². The van der Waals surface area contributed by atoms with Crippen molar-refractivity contribution in [2.75, 3.05) is 5.32 Å². The Bertz CT molecular complexity index is 1350. The molecule has 0 amide bonds. The molecule has 10 heteroatoms. The summed E-state index contributed by atoms with van der Waals surface area (Å²) >= 11 is 5.85. The van der Waals surface area contributed by atoms with Crippen LogP contribution in [0.5, 0.6) is 0 Å². The Hall–Kier alpha value is -4.03. The molecule has 0 spiro atoms. The normalized spacial score (nSPS) is 11.8. The van der Waals surface area contributed by atoms with Crippen molar-refractivity contribution < 1.29 is 9.90 Å². The van der Waals surface area contributed by atoms with Crippen LogP contribution in [0.15, 0.2) is 43.0 Å². The van der Waals surface area contributed by atoms with E-state index in [-0.39, 0.29) is 22.6 Å². The summed E-state index contributed by atoms with van der Waals surface area (Å²) in [6, 6.07) is 8.63. The van der Waals surface area contributed by atoms with Crippen LogP contribution in [0.3, 0.4) is 0 Å². The van der Waals surface area contributed by atoms with Crippen LogP contribution >= 0.6 is 11.6 Å². The van der Waals surface area contributed by atoms with E-state index in [0.717, 1.165) is 11.1 Å². The van der Waals surface area contributed by atoms with Gasteiger partial charge >= 0.3 is 5.97 Å². The van der Waals surface area contributed by atoms with E-state index >= 15 is 0 Å². The van der Waals surface area contributed by atoms with E-state index < -0.39 is 5.97 Å². The number of carboxylic acids is 1. The Balaban J connectivity index is 1.85. The number of aryl methyl sites for hydroxylation is 1. The number of benzene rings is 1. The summed E-state index contributed by atoms with van der Waals surface area (Å²) in [6.07, 6.45) is 4.82. The molecule has 0 unspecified atom stereocenters. The Labute approximate surface area is 182 Å². The molecule has 4 rings (SSSR count). The van der Waals surface area contributed by atoms with E-state index in [1.807, 2.05) is 26.0 Å². The number of aromatic nitrogens is 5. The van der Waals surface area contributed by atoms with Gasteiger partial charge in [-0.3, -0.25) is 4.57 Å². The van der Waals surface area contributed by atoms with Gasteiger partial charge in [-0.15, -0.1) is 0 Å². The van der Waals surface area contributed by atoms with E-state index in [9.17, 15) is 15.2 Å². The van der Waals surface area contributed by atoms with Crippen molar-refractivity contribution in [3.05, 3.63) is 70.7 Å². The maximum atomic E-state index is 11.6. The zero-order valence-corrected chi connectivity index (χ0v) is 17.3. The predicted octanol–water partition coefficient (Wildman–Crippen LogP) is 3.92. The van der Waals surface area contributed by atoms with Gasteiger partial charge in [-0.2, -0.15) is 5.26 Å². The molecule has 4 aromatic rings. The highest BCUT2D eigenvalue weighted by molar-refractivity contribution is 6.29. The fourth-order valence-electron chi connectivity index (χ4n) is 3.32. The molecular weight excluding hydrogens is 418 g/mol. The summed E-state index contributed by atoms with van der Waals surface area (Å²) < 4.78 is 1.62. The lowest BCUT2D eigenvalue weighted by Gasteiger charge is -2.19. The molecule has 154 valence electrons. The molecule has 0 bridgehead atoms. The number of aromatic carboxylic acids is 1. The standard InChI is InChI=1S/C21H16ClN7O2/c1-11-7-13(12(2)25-14-3-4-17(22)27-19(14)21(30)31)18-15(8-11)26-16(9-23)20(28-18)29-6-5-24-10-29/h3-8,10,12,25H,1-2H3,(H,30,31)/t12-/m1/s1. The lowest BCUT2D eigenvalue weighted by Crippen LogP contribution is -2.14. The number of carbonyl (C=O) groups is 1. The van der Waals surface area contributed by atoms with Gasteiger partial charge in [0.1, 0.15) is 17.5 Å². The zero-order chi connectivity index (χ0) is 22.1. The largest absolute Gasteiger partial charge is 0.476 e. The number of anilines is 1. The molecule has 0 aliphatic carbocycles. The minimum atomic E-state index is -1.19. The first kappa shape index (κ1) is 20.3. The van der Waals surface area contributed by atoms with Gasteiger partial charge in [0.25, 0.3) is 0 Å². The molecule has 0 fully saturated rings. The van der Waals surface area contributed by atoms with Gasteiger partial charge in [-0.1, -0.05) is 17.7 Å². The van der Waals surface area contributed by atoms with Crippen molar-refractivity contribution in [3.8, 4) is 11.9 Å². The number of nitriles is 1. The van der Waals surface area contributed by atoms with Gasteiger partial charge in [0.05, 0.1) is 22.8 Å². The predicted molar refractivity (Wildman–Crippen MR) is 114 cm³/mol. The van der Waals surface area contributed by atoms with Crippen molar-refractivity contribution in [2.45, 2.75) is 19.9 Å². The van der Waals surface area contributed by atoms with Crippen LogP contribution in [-0.2, 0) is 0 Å². The van der Waals surface area contributed by atoms with Crippen molar-refractivity contribution >= 4 is 34.3 Å². The van der Waals surface area contributed by atoms with Gasteiger partial charge in [0.2, 0.25) is 0 Å². The van der Waals surface area contributed by atoms with Gasteiger partial charge in [-0.25, -0.2) is 24.7 Å². The lowest BCUT2D eigenvalue weighted by molar-refractivity contribution is 0.0691. The molecule has 1 aromatic carbocycles. The molecular formula is C21H16ClN7O2. The Morgan fingerprint density at radius 3 is 2.77 bits per heavy atom. The fourth-order valence-corrected chi connectivity index (χ4v) is 3.47. The van der Waals surface area contributed by atoms with E-state index in [4.69, 9.17) is 16.6 Å². The van der Waals surface area contributed by atoms with Crippen molar-refractivity contribution in [3.63, 3.8) is 0 Å². The number of nitrogens with one attached hydrogen (secondary N) is 1. The van der Waals surface area contributed by atoms with Crippen LogP contribution in [0.25, 0.3) is 16.9 Å². The Morgan fingerprint density at radius 2 is 2.10 bits per heavy atom. The number of hydrogen-bond donors (Lipinski definition) is 2. The second kappa shape index (κ2) is 8.01. The van der Waals surface area contributed by atoms with E-state index in [2.05, 4.69) is 26.3 Å². The summed E-state index contributed by atoms with van der Waals surface area (Å²) in [5, 5.41) is 22.3. The van der Waals surface area contributed by atoms with Crippen molar-refractivity contribution in [1.82, 2.24) is 24.5 Å². The van der Waals surface area contributed by atoms with E-state index in [1.165, 1.54) is 6.07 Å². The summed E-state index contributed by atoms with van der Waals surface area (Å²) in [6.45, 7) is 3.80. The summed E-state index contributed by atoms with van der Waals surface area (Å²) in [7, 11) is 0. The molecule has 3 heterocycles. The van der Waals surface area contributed by atoms with Gasteiger partial charge < -0.3 is 10.4 Å². The number of fused-ring (bicyclic) bond motifs is 1. The quantitative estimate of drug-likeness (QED) is 0.453. The van der Waals surface area contributed by atoms with Gasteiger partial charge in [0.15, 0.2) is 17.2 Å². The Kier molecular flexibility index (Phi) is 5.23. The summed E-state index contributed by atoms with van der Waals surface area (Å²) in [5.41, 5.74) is 3.21. The average Bonchev–Trinajstić information content (AvgIpc) is 3.27. The van der Waals surface area contributed by atoms with Crippen molar-refractivity contribution in [2.24, 2.45) is 0 Å². The molecule has 2 N–H and O–H groups in total. The third-order valence-electron chi connectivity index (χ3n) is 4.68. The molecule has 0 aliphatic heterocycles. The number of halogens is 1. The van der Waals surface area contributed by atoms with Crippen LogP contribution in [0.2, 0.25) is 5.15 Å². The smallest absolute Gasteiger partial charge is 0.356 e. The first-order chi connectivity index (χ1) is 14.9. The molecule has 0 saturated carbocycles. The highest BCUT2D eigenvalue weighted by Crippen LogP contribution is 2.29. The Morgan fingerprint density at radius 1 is 1.29 bits per heavy atom. The average molecular weight is 434 g/mol. The summed E-state index contributed by atoms with van der Waals surface area (Å²) in [5.74, 6) is -0.823. The van der Waals surface area contributed by atoms with Crippen LogP contribution in [0, 0.1) is 18.3 Å². The number of rotatable bonds is 5. The SMILES string of the molecule is Cc1cc([C@@H](C)Nc2ccc(Cl)nc2C(=O)O)c2nc(-n3ccnc3)c(C#N)nc2c1. The number of pyridine rings is 1. The summed E-state index contributed by atoms with van der Waals surface area (Å²) in [4.78, 5) is 28.7. The van der Waals surface area contributed by atoms with Crippen LogP contribution < -0.4 is 5.32 Å². The van der Waals surface area contributed by atoms with Crippen LogP contribution in [0.4, 0.5) is 5.69 Å².